The van der Waals surface area contributed by atoms with Crippen LogP contribution in [0.1, 0.15) is 45.3 Å². The number of likely N-dealkylation sites (N-methyl/N-ethyl adjacent to an activating group) is 1. The summed E-state index contributed by atoms with van der Waals surface area (Å²) in [6.07, 6.45) is 5.61. The van der Waals surface area contributed by atoms with Crippen LogP contribution in [-0.4, -0.2) is 51.2 Å². The van der Waals surface area contributed by atoms with E-state index in [1.807, 2.05) is 6.07 Å². The van der Waals surface area contributed by atoms with Crippen LogP contribution >= 0.6 is 0 Å². The highest BCUT2D eigenvalue weighted by Gasteiger charge is 2.31. The van der Waals surface area contributed by atoms with E-state index in [0.717, 1.165) is 44.2 Å². The molecule has 1 fully saturated rings. The molecular weight excluding hydrogens is 304 g/mol. The van der Waals surface area contributed by atoms with E-state index >= 15 is 0 Å². The van der Waals surface area contributed by atoms with Gasteiger partial charge in [-0.05, 0) is 26.0 Å². The summed E-state index contributed by atoms with van der Waals surface area (Å²) in [5.74, 6) is 1.57. The van der Waals surface area contributed by atoms with Gasteiger partial charge >= 0.3 is 6.01 Å². The molecule has 0 spiro atoms. The number of hydrogen-bond acceptors (Lipinski definition) is 7. The summed E-state index contributed by atoms with van der Waals surface area (Å²) in [6, 6.07) is 2.91. The van der Waals surface area contributed by atoms with Gasteiger partial charge in [-0.25, -0.2) is 9.97 Å². The first-order valence-corrected chi connectivity index (χ1v) is 8.54. The van der Waals surface area contributed by atoms with Crippen molar-refractivity contribution in [3.63, 3.8) is 0 Å². The maximum Gasteiger partial charge on any atom is 0.318 e. The van der Waals surface area contributed by atoms with Crippen LogP contribution in [0.5, 0.6) is 0 Å². The van der Waals surface area contributed by atoms with Gasteiger partial charge in [0.1, 0.15) is 5.82 Å². The molecule has 0 radical (unpaired) electrons. The summed E-state index contributed by atoms with van der Waals surface area (Å²) >= 11 is 0. The molecule has 0 aromatic carbocycles. The highest BCUT2D eigenvalue weighted by Crippen LogP contribution is 2.29. The topological polar surface area (TPSA) is 71.2 Å². The largest absolute Gasteiger partial charge is 0.407 e. The predicted molar refractivity (Wildman–Crippen MR) is 91.7 cm³/mol. The molecule has 0 bridgehead atoms. The van der Waals surface area contributed by atoms with Crippen LogP contribution in [0.3, 0.4) is 0 Å². The van der Waals surface area contributed by atoms with Crippen LogP contribution in [0.4, 0.5) is 6.01 Å². The van der Waals surface area contributed by atoms with E-state index in [1.165, 1.54) is 0 Å². The number of nitrogens with zero attached hydrogens (tertiary/aromatic N) is 6. The van der Waals surface area contributed by atoms with Crippen LogP contribution in [0.15, 0.2) is 22.9 Å². The Balaban J connectivity index is 1.61. The zero-order chi connectivity index (χ0) is 17.2. The van der Waals surface area contributed by atoms with Crippen molar-refractivity contribution in [1.29, 1.82) is 0 Å². The average molecular weight is 330 g/mol. The first-order chi connectivity index (χ1) is 11.5. The van der Waals surface area contributed by atoms with Crippen LogP contribution in [0.25, 0.3) is 0 Å². The lowest BCUT2D eigenvalue weighted by molar-refractivity contribution is 0.244. The Kier molecular flexibility index (Phi) is 4.80. The van der Waals surface area contributed by atoms with Crippen LogP contribution < -0.4 is 4.90 Å². The molecule has 24 heavy (non-hydrogen) atoms. The Hall–Kier alpha value is -2.02. The first kappa shape index (κ1) is 16.8. The fourth-order valence-electron chi connectivity index (χ4n) is 2.81. The van der Waals surface area contributed by atoms with E-state index in [1.54, 1.807) is 12.4 Å². The van der Waals surface area contributed by atoms with Gasteiger partial charge in [0.2, 0.25) is 5.89 Å². The van der Waals surface area contributed by atoms with E-state index in [4.69, 9.17) is 4.42 Å². The van der Waals surface area contributed by atoms with Gasteiger partial charge in [0.05, 0.1) is 6.54 Å². The van der Waals surface area contributed by atoms with Crippen molar-refractivity contribution in [2.75, 3.05) is 25.0 Å². The Labute approximate surface area is 143 Å². The lowest BCUT2D eigenvalue weighted by atomic mass is 9.90. The minimum Gasteiger partial charge on any atom is -0.407 e. The van der Waals surface area contributed by atoms with Gasteiger partial charge in [0.25, 0.3) is 0 Å². The summed E-state index contributed by atoms with van der Waals surface area (Å²) in [5, 5.41) is 8.51. The fourth-order valence-corrected chi connectivity index (χ4v) is 2.81. The van der Waals surface area contributed by atoms with E-state index < -0.39 is 0 Å². The molecule has 130 valence electrons. The van der Waals surface area contributed by atoms with Crippen molar-refractivity contribution in [3.8, 4) is 0 Å². The second kappa shape index (κ2) is 6.84. The predicted octanol–water partition coefficient (Wildman–Crippen LogP) is 2.26. The first-order valence-electron chi connectivity index (χ1n) is 8.54. The molecule has 0 amide bonds. The zero-order valence-electron chi connectivity index (χ0n) is 14.9. The molecule has 7 heteroatoms. The zero-order valence-corrected chi connectivity index (χ0v) is 14.9. The second-order valence-corrected chi connectivity index (χ2v) is 7.10. The lowest BCUT2D eigenvalue weighted by Gasteiger charge is -2.23. The molecule has 0 saturated carbocycles. The van der Waals surface area contributed by atoms with Gasteiger partial charge in [-0.15, -0.1) is 5.10 Å². The summed E-state index contributed by atoms with van der Waals surface area (Å²) in [6.45, 7) is 8.96. The maximum absolute atomic E-state index is 5.93. The summed E-state index contributed by atoms with van der Waals surface area (Å²) < 4.78 is 5.93. The SMILES string of the molecule is CCC(C)(C)c1nnc(N2CCC(N(C)Cc3ncccn3)C2)o1. The molecule has 1 saturated heterocycles. The van der Waals surface area contributed by atoms with Gasteiger partial charge in [0, 0.05) is 36.9 Å². The Morgan fingerprint density at radius 2 is 2.04 bits per heavy atom. The summed E-state index contributed by atoms with van der Waals surface area (Å²) in [7, 11) is 2.12. The van der Waals surface area contributed by atoms with Crippen molar-refractivity contribution in [1.82, 2.24) is 25.1 Å². The molecule has 0 N–H and O–H groups in total. The van der Waals surface area contributed by atoms with Gasteiger partial charge in [-0.3, -0.25) is 4.90 Å². The van der Waals surface area contributed by atoms with Crippen molar-refractivity contribution >= 4 is 6.01 Å². The van der Waals surface area contributed by atoms with Crippen molar-refractivity contribution in [3.05, 3.63) is 30.2 Å². The van der Waals surface area contributed by atoms with Crippen LogP contribution in [-0.2, 0) is 12.0 Å². The van der Waals surface area contributed by atoms with Gasteiger partial charge in [0.15, 0.2) is 0 Å². The Bertz CT molecular complexity index is 656. The standard InChI is InChI=1S/C17H26N6O/c1-5-17(2,3)15-20-21-16(24-15)23-10-7-13(11-23)22(4)12-14-18-8-6-9-19-14/h6,8-9,13H,5,7,10-12H2,1-4H3. The van der Waals surface area contributed by atoms with Crippen LogP contribution in [0, 0.1) is 0 Å². The highest BCUT2D eigenvalue weighted by atomic mass is 16.4. The number of aromatic nitrogens is 4. The van der Waals surface area contributed by atoms with Gasteiger partial charge < -0.3 is 9.32 Å². The molecule has 7 nitrogen and oxygen atoms in total. The summed E-state index contributed by atoms with van der Waals surface area (Å²) in [4.78, 5) is 13.1. The molecule has 1 atom stereocenters. The molecule has 1 aliphatic rings. The van der Waals surface area contributed by atoms with E-state index in [2.05, 4.69) is 57.8 Å². The molecule has 2 aromatic rings. The Morgan fingerprint density at radius 1 is 1.29 bits per heavy atom. The molecular formula is C17H26N6O. The van der Waals surface area contributed by atoms with Crippen LogP contribution in [0.2, 0.25) is 0 Å². The second-order valence-electron chi connectivity index (χ2n) is 7.10. The van der Waals surface area contributed by atoms with Gasteiger partial charge in [-0.2, -0.15) is 0 Å². The number of anilines is 1. The number of rotatable bonds is 6. The smallest absolute Gasteiger partial charge is 0.318 e. The highest BCUT2D eigenvalue weighted by molar-refractivity contribution is 5.28. The minimum atomic E-state index is -0.0776. The molecule has 1 aliphatic heterocycles. The molecule has 0 aliphatic carbocycles. The third-order valence-electron chi connectivity index (χ3n) is 4.94. The normalized spacial score (nSPS) is 18.5. The van der Waals surface area contributed by atoms with Crippen molar-refractivity contribution in [2.45, 2.75) is 51.6 Å². The van der Waals surface area contributed by atoms with Gasteiger partial charge in [-0.1, -0.05) is 25.9 Å². The monoisotopic (exact) mass is 330 g/mol. The Morgan fingerprint density at radius 3 is 2.75 bits per heavy atom. The van der Waals surface area contributed by atoms with E-state index in [9.17, 15) is 0 Å². The number of hydrogen-bond donors (Lipinski definition) is 0. The van der Waals surface area contributed by atoms with E-state index in [-0.39, 0.29) is 5.41 Å². The quantitative estimate of drug-likeness (QED) is 0.804. The average Bonchev–Trinajstić information content (AvgIpc) is 3.25. The minimum absolute atomic E-state index is 0.0776. The molecule has 3 heterocycles. The van der Waals surface area contributed by atoms with Crippen molar-refractivity contribution in [2.24, 2.45) is 0 Å². The fraction of sp³-hybridized carbons (Fsp3) is 0.647. The maximum atomic E-state index is 5.93. The third kappa shape index (κ3) is 3.56. The lowest BCUT2D eigenvalue weighted by Crippen LogP contribution is -2.34. The summed E-state index contributed by atoms with van der Waals surface area (Å²) in [5.41, 5.74) is -0.0776. The molecule has 1 unspecified atom stereocenters. The molecule has 3 rings (SSSR count). The molecule has 2 aromatic heterocycles. The third-order valence-corrected chi connectivity index (χ3v) is 4.94. The van der Waals surface area contributed by atoms with E-state index in [0.29, 0.717) is 12.1 Å². The van der Waals surface area contributed by atoms with Crippen molar-refractivity contribution < 1.29 is 4.42 Å².